The summed E-state index contributed by atoms with van der Waals surface area (Å²) in [5, 5.41) is 0. The van der Waals surface area contributed by atoms with Crippen LogP contribution in [-0.2, 0) is 14.3 Å². The number of hydrogen-bond donors (Lipinski definition) is 0. The third kappa shape index (κ3) is 6.75. The first-order valence-corrected chi connectivity index (χ1v) is 9.71. The van der Waals surface area contributed by atoms with Gasteiger partial charge in [-0.1, -0.05) is 56.5 Å². The first-order valence-electron chi connectivity index (χ1n) is 9.71. The van der Waals surface area contributed by atoms with Gasteiger partial charge in [-0.3, -0.25) is 0 Å². The maximum Gasteiger partial charge on any atom is 0.338 e. The fourth-order valence-corrected chi connectivity index (χ4v) is 2.87. The summed E-state index contributed by atoms with van der Waals surface area (Å²) in [7, 11) is 0. The molecule has 0 radical (unpaired) electrons. The molecule has 152 valence electrons. The molecule has 4 heteroatoms. The van der Waals surface area contributed by atoms with Gasteiger partial charge < -0.3 is 9.47 Å². The molecule has 2 rings (SSSR count). The van der Waals surface area contributed by atoms with Gasteiger partial charge in [0.1, 0.15) is 5.75 Å². The van der Waals surface area contributed by atoms with E-state index >= 15 is 0 Å². The molecular formula is C25H28O4. The standard InChI is InChI=1S/C25H28O4/c1-6-24(26)28-19(5)8-7-18(4)20-9-11-21(12-10-20)22-13-15-23(16-14-22)29-25(27)17(2)3/h6,9-16,18-19H,1-2,7-8H2,3-5H3. The molecule has 0 aliphatic carbocycles. The van der Waals surface area contributed by atoms with E-state index < -0.39 is 5.97 Å². The van der Waals surface area contributed by atoms with Gasteiger partial charge in [0.15, 0.2) is 0 Å². The Kier molecular flexibility index (Phi) is 7.96. The van der Waals surface area contributed by atoms with E-state index in [-0.39, 0.29) is 12.1 Å². The number of ether oxygens (including phenoxy) is 2. The van der Waals surface area contributed by atoms with Crippen molar-refractivity contribution in [1.29, 1.82) is 0 Å². The minimum atomic E-state index is -0.426. The van der Waals surface area contributed by atoms with Crippen LogP contribution in [0.3, 0.4) is 0 Å². The first-order chi connectivity index (χ1) is 13.8. The number of esters is 2. The van der Waals surface area contributed by atoms with E-state index in [1.165, 1.54) is 11.6 Å². The lowest BCUT2D eigenvalue weighted by atomic mass is 9.93. The van der Waals surface area contributed by atoms with Crippen LogP contribution in [0.25, 0.3) is 11.1 Å². The molecule has 0 bridgehead atoms. The van der Waals surface area contributed by atoms with E-state index in [1.807, 2.05) is 19.1 Å². The Morgan fingerprint density at radius 1 is 0.966 bits per heavy atom. The van der Waals surface area contributed by atoms with Crippen LogP contribution in [0.4, 0.5) is 0 Å². The third-order valence-electron chi connectivity index (χ3n) is 4.72. The van der Waals surface area contributed by atoms with Gasteiger partial charge in [-0.2, -0.15) is 0 Å². The van der Waals surface area contributed by atoms with Crippen molar-refractivity contribution in [3.05, 3.63) is 78.9 Å². The highest BCUT2D eigenvalue weighted by Gasteiger charge is 2.12. The van der Waals surface area contributed by atoms with Crippen LogP contribution in [0.1, 0.15) is 45.1 Å². The Bertz CT molecular complexity index is 863. The summed E-state index contributed by atoms with van der Waals surface area (Å²) in [6.45, 7) is 12.7. The highest BCUT2D eigenvalue weighted by Crippen LogP contribution is 2.27. The SMILES string of the molecule is C=CC(=O)OC(C)CCC(C)c1ccc(-c2ccc(OC(=O)C(=C)C)cc2)cc1. The van der Waals surface area contributed by atoms with Crippen LogP contribution >= 0.6 is 0 Å². The Morgan fingerprint density at radius 3 is 2.03 bits per heavy atom. The normalized spacial score (nSPS) is 12.5. The van der Waals surface area contributed by atoms with E-state index in [9.17, 15) is 9.59 Å². The molecule has 0 aliphatic rings. The fourth-order valence-electron chi connectivity index (χ4n) is 2.87. The number of carbonyl (C=O) groups is 2. The van der Waals surface area contributed by atoms with E-state index in [4.69, 9.17) is 9.47 Å². The van der Waals surface area contributed by atoms with Crippen molar-refractivity contribution < 1.29 is 19.1 Å². The minimum absolute atomic E-state index is 0.125. The van der Waals surface area contributed by atoms with Gasteiger partial charge in [0, 0.05) is 11.6 Å². The van der Waals surface area contributed by atoms with E-state index in [1.54, 1.807) is 19.1 Å². The van der Waals surface area contributed by atoms with Gasteiger partial charge in [0.2, 0.25) is 0 Å². The van der Waals surface area contributed by atoms with Gasteiger partial charge in [-0.05, 0) is 61.4 Å². The zero-order valence-corrected chi connectivity index (χ0v) is 17.3. The largest absolute Gasteiger partial charge is 0.460 e. The summed E-state index contributed by atoms with van der Waals surface area (Å²) >= 11 is 0. The maximum absolute atomic E-state index is 11.6. The van der Waals surface area contributed by atoms with Crippen molar-refractivity contribution in [2.45, 2.75) is 45.6 Å². The Hall–Kier alpha value is -3.14. The molecule has 0 heterocycles. The molecule has 0 saturated heterocycles. The summed E-state index contributed by atoms with van der Waals surface area (Å²) in [5.41, 5.74) is 3.74. The quantitative estimate of drug-likeness (QED) is 0.306. The average molecular weight is 392 g/mol. The monoisotopic (exact) mass is 392 g/mol. The second-order valence-electron chi connectivity index (χ2n) is 7.25. The Balaban J connectivity index is 1.95. The van der Waals surface area contributed by atoms with Crippen molar-refractivity contribution in [3.8, 4) is 16.9 Å². The molecule has 0 N–H and O–H groups in total. The second kappa shape index (κ2) is 10.4. The topological polar surface area (TPSA) is 52.6 Å². The van der Waals surface area contributed by atoms with Gasteiger partial charge >= 0.3 is 11.9 Å². The molecular weight excluding hydrogens is 364 g/mol. The highest BCUT2D eigenvalue weighted by molar-refractivity contribution is 5.88. The zero-order chi connectivity index (χ0) is 21.4. The number of rotatable bonds is 9. The predicted molar refractivity (Wildman–Crippen MR) is 116 cm³/mol. The summed E-state index contributed by atoms with van der Waals surface area (Å²) in [6.07, 6.45) is 2.79. The van der Waals surface area contributed by atoms with Crippen molar-refractivity contribution >= 4 is 11.9 Å². The van der Waals surface area contributed by atoms with Crippen molar-refractivity contribution in [2.24, 2.45) is 0 Å². The van der Waals surface area contributed by atoms with Crippen LogP contribution < -0.4 is 4.74 Å². The van der Waals surface area contributed by atoms with Crippen LogP contribution in [0, 0.1) is 0 Å². The summed E-state index contributed by atoms with van der Waals surface area (Å²) in [6, 6.07) is 15.8. The van der Waals surface area contributed by atoms with Gasteiger partial charge in [0.25, 0.3) is 0 Å². The van der Waals surface area contributed by atoms with Gasteiger partial charge in [0.05, 0.1) is 6.10 Å². The molecule has 2 aromatic rings. The molecule has 0 fully saturated rings. The molecule has 29 heavy (non-hydrogen) atoms. The van der Waals surface area contributed by atoms with Crippen LogP contribution in [0.5, 0.6) is 5.75 Å². The van der Waals surface area contributed by atoms with Crippen LogP contribution in [0.2, 0.25) is 0 Å². The van der Waals surface area contributed by atoms with E-state index in [2.05, 4.69) is 44.3 Å². The van der Waals surface area contributed by atoms with Crippen LogP contribution in [0.15, 0.2) is 73.3 Å². The molecule has 2 aromatic carbocycles. The molecule has 0 aromatic heterocycles. The number of carbonyl (C=O) groups excluding carboxylic acids is 2. The highest BCUT2D eigenvalue weighted by atomic mass is 16.5. The average Bonchev–Trinajstić information content (AvgIpc) is 2.72. The number of hydrogen-bond acceptors (Lipinski definition) is 4. The fraction of sp³-hybridized carbons (Fsp3) is 0.280. The predicted octanol–water partition coefficient (Wildman–Crippen LogP) is 5.84. The smallest absolute Gasteiger partial charge is 0.338 e. The molecule has 0 saturated carbocycles. The molecule has 0 amide bonds. The van der Waals surface area contributed by atoms with Gasteiger partial charge in [-0.25, -0.2) is 9.59 Å². The lowest BCUT2D eigenvalue weighted by Crippen LogP contribution is -2.13. The number of benzene rings is 2. The van der Waals surface area contributed by atoms with E-state index in [0.717, 1.165) is 24.0 Å². The van der Waals surface area contributed by atoms with Crippen LogP contribution in [-0.4, -0.2) is 18.0 Å². The lowest BCUT2D eigenvalue weighted by Gasteiger charge is -2.16. The third-order valence-corrected chi connectivity index (χ3v) is 4.72. The van der Waals surface area contributed by atoms with E-state index in [0.29, 0.717) is 17.2 Å². The van der Waals surface area contributed by atoms with Crippen molar-refractivity contribution in [1.82, 2.24) is 0 Å². The summed E-state index contributed by atoms with van der Waals surface area (Å²) < 4.78 is 10.4. The Labute approximate surface area is 172 Å². The first kappa shape index (κ1) is 22.2. The van der Waals surface area contributed by atoms with Crippen molar-refractivity contribution in [3.63, 3.8) is 0 Å². The minimum Gasteiger partial charge on any atom is -0.460 e. The molecule has 2 unspecified atom stereocenters. The second-order valence-corrected chi connectivity index (χ2v) is 7.25. The zero-order valence-electron chi connectivity index (χ0n) is 17.3. The molecule has 4 nitrogen and oxygen atoms in total. The Morgan fingerprint density at radius 2 is 1.52 bits per heavy atom. The molecule has 0 spiro atoms. The summed E-state index contributed by atoms with van der Waals surface area (Å²) in [4.78, 5) is 22.8. The van der Waals surface area contributed by atoms with Gasteiger partial charge in [-0.15, -0.1) is 0 Å². The molecule has 2 atom stereocenters. The maximum atomic E-state index is 11.6. The lowest BCUT2D eigenvalue weighted by molar-refractivity contribution is -0.142. The molecule has 0 aliphatic heterocycles. The van der Waals surface area contributed by atoms with Crippen molar-refractivity contribution in [2.75, 3.05) is 0 Å². The summed E-state index contributed by atoms with van der Waals surface area (Å²) in [5.74, 6) is 0.0516.